The fourth-order valence-corrected chi connectivity index (χ4v) is 3.55. The first kappa shape index (κ1) is 15.6. The van der Waals surface area contributed by atoms with Gasteiger partial charge >= 0.3 is 0 Å². The molecule has 0 fully saturated rings. The van der Waals surface area contributed by atoms with Crippen molar-refractivity contribution in [3.63, 3.8) is 0 Å². The van der Waals surface area contributed by atoms with E-state index in [9.17, 15) is 14.5 Å². The van der Waals surface area contributed by atoms with Crippen LogP contribution in [0.25, 0.3) is 27.6 Å². The molecule has 0 saturated heterocycles. The Morgan fingerprint density at radius 2 is 1.88 bits per heavy atom. The molecule has 4 rings (SSSR count). The first-order chi connectivity index (χ1) is 12.1. The van der Waals surface area contributed by atoms with Gasteiger partial charge in [0.05, 0.1) is 10.6 Å². The molecule has 5 heteroatoms. The number of hydrogen-bond donors (Lipinski definition) is 1. The van der Waals surface area contributed by atoms with Crippen molar-refractivity contribution in [1.29, 1.82) is 0 Å². The molecule has 25 heavy (non-hydrogen) atoms. The Morgan fingerprint density at radius 3 is 2.56 bits per heavy atom. The number of non-ortho nitro benzene ring substituents is 1. The summed E-state index contributed by atoms with van der Waals surface area (Å²) in [6.07, 6.45) is 6.47. The second-order valence-corrected chi connectivity index (χ2v) is 6.32. The molecular formula is C20H17FN2O2. The van der Waals surface area contributed by atoms with Crippen LogP contribution in [0.15, 0.2) is 48.5 Å². The molecule has 1 aliphatic rings. The molecule has 0 unspecified atom stereocenters. The van der Waals surface area contributed by atoms with Gasteiger partial charge in [0.25, 0.3) is 5.69 Å². The van der Waals surface area contributed by atoms with Gasteiger partial charge in [0.2, 0.25) is 0 Å². The summed E-state index contributed by atoms with van der Waals surface area (Å²) in [4.78, 5) is 13.9. The summed E-state index contributed by atoms with van der Waals surface area (Å²) in [5.41, 5.74) is 4.46. The minimum Gasteiger partial charge on any atom is -0.354 e. The maximum atomic E-state index is 14.6. The number of nitro benzene ring substituents is 1. The molecule has 2 aromatic carbocycles. The summed E-state index contributed by atoms with van der Waals surface area (Å²) < 4.78 is 14.6. The molecule has 0 amide bonds. The van der Waals surface area contributed by atoms with Gasteiger partial charge in [-0.15, -0.1) is 0 Å². The van der Waals surface area contributed by atoms with Crippen molar-refractivity contribution in [3.8, 4) is 11.1 Å². The maximum Gasteiger partial charge on any atom is 0.269 e. The van der Waals surface area contributed by atoms with E-state index in [2.05, 4.69) is 11.1 Å². The standard InChI is InChI=1S/C20H17FN2O2/c21-16-7-4-8-17-19(16)18(13-9-11-15(12-10-13)23(24)25)20(22-17)14-5-2-1-3-6-14/h4-5,7-12,22H,1-3,6H2. The lowest BCUT2D eigenvalue weighted by atomic mass is 9.92. The van der Waals surface area contributed by atoms with Crippen molar-refractivity contribution in [2.45, 2.75) is 25.7 Å². The molecule has 0 spiro atoms. The normalized spacial score (nSPS) is 14.5. The monoisotopic (exact) mass is 336 g/mol. The van der Waals surface area contributed by atoms with Gasteiger partial charge in [-0.1, -0.05) is 12.1 Å². The van der Waals surface area contributed by atoms with Crippen LogP contribution in [0, 0.1) is 15.9 Å². The highest BCUT2D eigenvalue weighted by atomic mass is 19.1. The molecule has 0 bridgehead atoms. The SMILES string of the molecule is O=[N+]([O-])c1ccc(-c2c(C3=CCCCC3)[nH]c3cccc(F)c23)cc1. The van der Waals surface area contributed by atoms with Crippen molar-refractivity contribution in [1.82, 2.24) is 4.98 Å². The Labute approximate surface area is 144 Å². The molecule has 4 nitrogen and oxygen atoms in total. The average Bonchev–Trinajstić information content (AvgIpc) is 3.03. The van der Waals surface area contributed by atoms with Gasteiger partial charge in [0.15, 0.2) is 0 Å². The number of allylic oxidation sites excluding steroid dienone is 2. The van der Waals surface area contributed by atoms with E-state index in [0.29, 0.717) is 5.39 Å². The summed E-state index contributed by atoms with van der Waals surface area (Å²) in [6, 6.07) is 11.3. The fourth-order valence-electron chi connectivity index (χ4n) is 3.55. The largest absolute Gasteiger partial charge is 0.354 e. The number of halogens is 1. The minimum absolute atomic E-state index is 0.0301. The predicted molar refractivity (Wildman–Crippen MR) is 96.8 cm³/mol. The summed E-state index contributed by atoms with van der Waals surface area (Å²) in [5, 5.41) is 11.4. The van der Waals surface area contributed by atoms with Gasteiger partial charge in [-0.25, -0.2) is 4.39 Å². The number of aromatic nitrogens is 1. The van der Waals surface area contributed by atoms with E-state index in [1.54, 1.807) is 18.2 Å². The molecule has 0 aliphatic heterocycles. The maximum absolute atomic E-state index is 14.6. The van der Waals surface area contributed by atoms with Gasteiger partial charge < -0.3 is 4.98 Å². The quantitative estimate of drug-likeness (QED) is 0.482. The smallest absolute Gasteiger partial charge is 0.269 e. The lowest BCUT2D eigenvalue weighted by Crippen LogP contribution is -1.94. The van der Waals surface area contributed by atoms with E-state index in [0.717, 1.165) is 41.6 Å². The highest BCUT2D eigenvalue weighted by Gasteiger charge is 2.20. The highest BCUT2D eigenvalue weighted by molar-refractivity contribution is 6.02. The second-order valence-electron chi connectivity index (χ2n) is 6.32. The van der Waals surface area contributed by atoms with Gasteiger partial charge in [0, 0.05) is 28.6 Å². The Hall–Kier alpha value is -2.95. The zero-order valence-electron chi connectivity index (χ0n) is 13.6. The van der Waals surface area contributed by atoms with E-state index in [1.807, 2.05) is 6.07 Å². The summed E-state index contributed by atoms with van der Waals surface area (Å²) in [7, 11) is 0. The van der Waals surface area contributed by atoms with Crippen molar-refractivity contribution >= 4 is 22.2 Å². The minimum atomic E-state index is -0.426. The number of aromatic amines is 1. The lowest BCUT2D eigenvalue weighted by molar-refractivity contribution is -0.384. The Morgan fingerprint density at radius 1 is 1.08 bits per heavy atom. The third-order valence-corrected chi connectivity index (χ3v) is 4.75. The van der Waals surface area contributed by atoms with Crippen molar-refractivity contribution < 1.29 is 9.31 Å². The zero-order chi connectivity index (χ0) is 17.4. The first-order valence-electron chi connectivity index (χ1n) is 8.39. The molecule has 1 aliphatic carbocycles. The van der Waals surface area contributed by atoms with E-state index >= 15 is 0 Å². The van der Waals surface area contributed by atoms with Crippen LogP contribution in [0.5, 0.6) is 0 Å². The van der Waals surface area contributed by atoms with Crippen LogP contribution >= 0.6 is 0 Å². The van der Waals surface area contributed by atoms with Crippen LogP contribution in [0.2, 0.25) is 0 Å². The van der Waals surface area contributed by atoms with Gasteiger partial charge in [0.1, 0.15) is 5.82 Å². The summed E-state index contributed by atoms with van der Waals surface area (Å²) >= 11 is 0. The molecular weight excluding hydrogens is 319 g/mol. The summed E-state index contributed by atoms with van der Waals surface area (Å²) in [5.74, 6) is -0.287. The molecule has 3 aromatic rings. The van der Waals surface area contributed by atoms with Crippen LogP contribution < -0.4 is 0 Å². The lowest BCUT2D eigenvalue weighted by Gasteiger charge is -2.14. The van der Waals surface area contributed by atoms with Crippen LogP contribution in [0.3, 0.4) is 0 Å². The van der Waals surface area contributed by atoms with Crippen molar-refractivity contribution in [3.05, 3.63) is 70.2 Å². The van der Waals surface area contributed by atoms with Crippen LogP contribution in [-0.2, 0) is 0 Å². The number of rotatable bonds is 3. The van der Waals surface area contributed by atoms with Crippen LogP contribution in [0.1, 0.15) is 31.4 Å². The number of hydrogen-bond acceptors (Lipinski definition) is 2. The Bertz CT molecular complexity index is 987. The molecule has 0 atom stereocenters. The van der Waals surface area contributed by atoms with E-state index < -0.39 is 4.92 Å². The number of fused-ring (bicyclic) bond motifs is 1. The number of nitrogens with zero attached hydrogens (tertiary/aromatic N) is 1. The third kappa shape index (κ3) is 2.71. The van der Waals surface area contributed by atoms with Gasteiger partial charge in [-0.05, 0) is 61.1 Å². The average molecular weight is 336 g/mol. The zero-order valence-corrected chi connectivity index (χ0v) is 13.6. The fraction of sp³-hybridized carbons (Fsp3) is 0.200. The van der Waals surface area contributed by atoms with Crippen molar-refractivity contribution in [2.75, 3.05) is 0 Å². The van der Waals surface area contributed by atoms with Crippen molar-refractivity contribution in [2.24, 2.45) is 0 Å². The van der Waals surface area contributed by atoms with E-state index in [-0.39, 0.29) is 11.5 Å². The molecule has 0 radical (unpaired) electrons. The van der Waals surface area contributed by atoms with E-state index in [4.69, 9.17) is 0 Å². The second kappa shape index (κ2) is 6.16. The van der Waals surface area contributed by atoms with Crippen LogP contribution in [-0.4, -0.2) is 9.91 Å². The Balaban J connectivity index is 1.96. The molecule has 1 N–H and O–H groups in total. The van der Waals surface area contributed by atoms with Crippen LogP contribution in [0.4, 0.5) is 10.1 Å². The predicted octanol–water partition coefficient (Wildman–Crippen LogP) is 5.84. The van der Waals surface area contributed by atoms with Gasteiger partial charge in [-0.2, -0.15) is 0 Å². The highest BCUT2D eigenvalue weighted by Crippen LogP contribution is 2.40. The molecule has 1 aromatic heterocycles. The number of benzene rings is 2. The summed E-state index contributed by atoms with van der Waals surface area (Å²) in [6.45, 7) is 0. The third-order valence-electron chi connectivity index (χ3n) is 4.75. The molecule has 126 valence electrons. The number of nitrogens with one attached hydrogen (secondary N) is 1. The number of nitro groups is 1. The topological polar surface area (TPSA) is 58.9 Å². The molecule has 0 saturated carbocycles. The Kier molecular flexibility index (Phi) is 3.84. The first-order valence-corrected chi connectivity index (χ1v) is 8.39. The van der Waals surface area contributed by atoms with Gasteiger partial charge in [-0.3, -0.25) is 10.1 Å². The van der Waals surface area contributed by atoms with E-state index in [1.165, 1.54) is 30.2 Å². The molecule has 1 heterocycles. The number of H-pyrrole nitrogens is 1.